The fourth-order valence-electron chi connectivity index (χ4n) is 1.37. The summed E-state index contributed by atoms with van der Waals surface area (Å²) >= 11 is 0. The van der Waals surface area contributed by atoms with Crippen LogP contribution in [0.5, 0.6) is 0 Å². The lowest BCUT2D eigenvalue weighted by molar-refractivity contribution is 0.0696. The minimum atomic E-state index is -1.09. The lowest BCUT2D eigenvalue weighted by Crippen LogP contribution is -1.99. The van der Waals surface area contributed by atoms with Crippen molar-refractivity contribution in [2.24, 2.45) is 0 Å². The number of carbonyl (C=O) groups is 1. The molecule has 0 unspecified atom stereocenters. The Balaban J connectivity index is 2.20. The summed E-state index contributed by atoms with van der Waals surface area (Å²) in [4.78, 5) is 14.4. The molecule has 2 aromatic rings. The zero-order valence-corrected chi connectivity index (χ0v) is 9.02. The van der Waals surface area contributed by atoms with Crippen molar-refractivity contribution in [1.82, 2.24) is 4.98 Å². The molecular weight excluding hydrogens is 242 g/mol. The SMILES string of the molecule is O=C(O)c1ccc(Nc2cc(F)cc(F)c2)nc1. The first kappa shape index (κ1) is 12.0. The Hall–Kier alpha value is -2.50. The number of nitrogens with one attached hydrogen (secondary N) is 1. The number of benzene rings is 1. The second-order valence-electron chi connectivity index (χ2n) is 3.52. The summed E-state index contributed by atoms with van der Waals surface area (Å²) in [6, 6.07) is 5.72. The van der Waals surface area contributed by atoms with Crippen LogP contribution in [0.25, 0.3) is 0 Å². The van der Waals surface area contributed by atoms with E-state index in [9.17, 15) is 13.6 Å². The number of anilines is 2. The Morgan fingerprint density at radius 2 is 1.83 bits per heavy atom. The standard InChI is InChI=1S/C12H8F2N2O2/c13-8-3-9(14)5-10(4-8)16-11-2-1-7(6-15-11)12(17)18/h1-6H,(H,15,16)(H,17,18). The molecule has 0 fully saturated rings. The molecule has 0 aliphatic rings. The summed E-state index contributed by atoms with van der Waals surface area (Å²) in [5.74, 6) is -2.21. The summed E-state index contributed by atoms with van der Waals surface area (Å²) in [5.41, 5.74) is 0.231. The zero-order valence-electron chi connectivity index (χ0n) is 9.02. The zero-order chi connectivity index (χ0) is 13.1. The van der Waals surface area contributed by atoms with Crippen LogP contribution in [0.2, 0.25) is 0 Å². The Bertz CT molecular complexity index is 565. The molecule has 18 heavy (non-hydrogen) atoms. The summed E-state index contributed by atoms with van der Waals surface area (Å²) < 4.78 is 25.8. The molecule has 0 radical (unpaired) electrons. The Morgan fingerprint density at radius 1 is 1.17 bits per heavy atom. The van der Waals surface area contributed by atoms with Crippen LogP contribution in [0.1, 0.15) is 10.4 Å². The molecule has 0 saturated carbocycles. The van der Waals surface area contributed by atoms with E-state index in [2.05, 4.69) is 10.3 Å². The fraction of sp³-hybridized carbons (Fsp3) is 0. The highest BCUT2D eigenvalue weighted by atomic mass is 19.1. The smallest absolute Gasteiger partial charge is 0.337 e. The highest BCUT2D eigenvalue weighted by Gasteiger charge is 2.04. The van der Waals surface area contributed by atoms with Gasteiger partial charge in [0.05, 0.1) is 5.56 Å². The maximum absolute atomic E-state index is 12.9. The average Bonchev–Trinajstić information content (AvgIpc) is 2.28. The van der Waals surface area contributed by atoms with E-state index in [-0.39, 0.29) is 11.3 Å². The van der Waals surface area contributed by atoms with Crippen LogP contribution in [0.15, 0.2) is 36.5 Å². The molecule has 0 amide bonds. The Kier molecular flexibility index (Phi) is 3.18. The van der Waals surface area contributed by atoms with E-state index < -0.39 is 17.6 Å². The van der Waals surface area contributed by atoms with Crippen LogP contribution in [-0.4, -0.2) is 16.1 Å². The number of carboxylic acids is 1. The monoisotopic (exact) mass is 250 g/mol. The minimum absolute atomic E-state index is 0.0333. The number of halogens is 2. The molecule has 0 bridgehead atoms. The molecule has 1 aromatic carbocycles. The van der Waals surface area contributed by atoms with Crippen molar-refractivity contribution in [3.05, 3.63) is 53.7 Å². The molecule has 2 N–H and O–H groups in total. The number of aromatic carboxylic acids is 1. The van der Waals surface area contributed by atoms with Gasteiger partial charge in [-0.15, -0.1) is 0 Å². The van der Waals surface area contributed by atoms with Crippen molar-refractivity contribution in [2.45, 2.75) is 0 Å². The number of hydrogen-bond acceptors (Lipinski definition) is 3. The van der Waals surface area contributed by atoms with Crippen LogP contribution >= 0.6 is 0 Å². The van der Waals surface area contributed by atoms with Gasteiger partial charge in [-0.2, -0.15) is 0 Å². The van der Waals surface area contributed by atoms with Gasteiger partial charge in [-0.25, -0.2) is 18.6 Å². The van der Waals surface area contributed by atoms with Gasteiger partial charge in [-0.1, -0.05) is 0 Å². The first-order valence-electron chi connectivity index (χ1n) is 4.97. The van der Waals surface area contributed by atoms with Crippen LogP contribution in [0.3, 0.4) is 0 Å². The molecule has 0 aliphatic heterocycles. The molecule has 1 heterocycles. The lowest BCUT2D eigenvalue weighted by atomic mass is 10.2. The van der Waals surface area contributed by atoms with Crippen molar-refractivity contribution in [1.29, 1.82) is 0 Å². The molecule has 2 rings (SSSR count). The van der Waals surface area contributed by atoms with Crippen molar-refractivity contribution < 1.29 is 18.7 Å². The van der Waals surface area contributed by atoms with Crippen LogP contribution in [0.4, 0.5) is 20.3 Å². The van der Waals surface area contributed by atoms with Gasteiger partial charge in [0.1, 0.15) is 17.5 Å². The van der Waals surface area contributed by atoms with Gasteiger partial charge in [0.15, 0.2) is 0 Å². The van der Waals surface area contributed by atoms with Gasteiger partial charge in [0.25, 0.3) is 0 Å². The van der Waals surface area contributed by atoms with E-state index in [1.54, 1.807) is 0 Å². The maximum atomic E-state index is 12.9. The van der Waals surface area contributed by atoms with Gasteiger partial charge in [0, 0.05) is 18.0 Å². The predicted octanol–water partition coefficient (Wildman–Crippen LogP) is 2.80. The second-order valence-corrected chi connectivity index (χ2v) is 3.52. The number of hydrogen-bond donors (Lipinski definition) is 2. The largest absolute Gasteiger partial charge is 0.478 e. The molecule has 4 nitrogen and oxygen atoms in total. The third-order valence-corrected chi connectivity index (χ3v) is 2.15. The molecule has 6 heteroatoms. The molecule has 92 valence electrons. The van der Waals surface area contributed by atoms with Crippen molar-refractivity contribution in [2.75, 3.05) is 5.32 Å². The number of pyridine rings is 1. The quantitative estimate of drug-likeness (QED) is 0.879. The normalized spacial score (nSPS) is 10.1. The third kappa shape index (κ3) is 2.79. The van der Waals surface area contributed by atoms with Crippen molar-refractivity contribution in [3.8, 4) is 0 Å². The first-order valence-corrected chi connectivity index (χ1v) is 4.97. The predicted molar refractivity (Wildman–Crippen MR) is 60.8 cm³/mol. The number of rotatable bonds is 3. The van der Waals surface area contributed by atoms with Gasteiger partial charge in [0.2, 0.25) is 0 Å². The van der Waals surface area contributed by atoms with Gasteiger partial charge in [-0.05, 0) is 24.3 Å². The summed E-state index contributed by atoms with van der Waals surface area (Å²) in [6.07, 6.45) is 1.15. The van der Waals surface area contributed by atoms with E-state index in [0.717, 1.165) is 24.4 Å². The number of aromatic nitrogens is 1. The first-order chi connectivity index (χ1) is 8.54. The van der Waals surface area contributed by atoms with Gasteiger partial charge in [-0.3, -0.25) is 0 Å². The van der Waals surface area contributed by atoms with E-state index in [1.165, 1.54) is 12.1 Å². The highest BCUT2D eigenvalue weighted by Crippen LogP contribution is 2.17. The second kappa shape index (κ2) is 4.79. The van der Waals surface area contributed by atoms with Crippen molar-refractivity contribution in [3.63, 3.8) is 0 Å². The van der Waals surface area contributed by atoms with E-state index in [1.807, 2.05) is 0 Å². The molecule has 1 aromatic heterocycles. The summed E-state index contributed by atoms with van der Waals surface area (Å²) in [5, 5.41) is 11.3. The maximum Gasteiger partial charge on any atom is 0.337 e. The minimum Gasteiger partial charge on any atom is -0.478 e. The van der Waals surface area contributed by atoms with E-state index in [0.29, 0.717) is 5.82 Å². The van der Waals surface area contributed by atoms with E-state index >= 15 is 0 Å². The Labute approximate surface area is 101 Å². The third-order valence-electron chi connectivity index (χ3n) is 2.15. The lowest BCUT2D eigenvalue weighted by Gasteiger charge is -2.06. The molecule has 0 aliphatic carbocycles. The average molecular weight is 250 g/mol. The van der Waals surface area contributed by atoms with Gasteiger partial charge >= 0.3 is 5.97 Å². The number of nitrogens with zero attached hydrogens (tertiary/aromatic N) is 1. The summed E-state index contributed by atoms with van der Waals surface area (Å²) in [6.45, 7) is 0. The molecule has 0 spiro atoms. The molecule has 0 saturated heterocycles. The topological polar surface area (TPSA) is 62.2 Å². The fourth-order valence-corrected chi connectivity index (χ4v) is 1.37. The number of carboxylic acid groups (broad SMARTS) is 1. The van der Waals surface area contributed by atoms with Crippen molar-refractivity contribution >= 4 is 17.5 Å². The molecule has 0 atom stereocenters. The summed E-state index contributed by atoms with van der Waals surface area (Å²) in [7, 11) is 0. The van der Waals surface area contributed by atoms with E-state index in [4.69, 9.17) is 5.11 Å². The van der Waals surface area contributed by atoms with Crippen LogP contribution in [-0.2, 0) is 0 Å². The molecular formula is C12H8F2N2O2. The highest BCUT2D eigenvalue weighted by molar-refractivity contribution is 5.87. The van der Waals surface area contributed by atoms with Crippen LogP contribution in [0, 0.1) is 11.6 Å². The Morgan fingerprint density at radius 3 is 2.33 bits per heavy atom. The van der Waals surface area contributed by atoms with Crippen LogP contribution < -0.4 is 5.32 Å². The van der Waals surface area contributed by atoms with Gasteiger partial charge < -0.3 is 10.4 Å².